The second-order valence-corrected chi connectivity index (χ2v) is 6.04. The highest BCUT2D eigenvalue weighted by Gasteiger charge is 2.20. The number of carbonyl (C=O) groups excluding carboxylic acids is 3. The van der Waals surface area contributed by atoms with Crippen molar-refractivity contribution in [1.82, 2.24) is 5.32 Å². The fourth-order valence-corrected chi connectivity index (χ4v) is 2.57. The number of hydrogen-bond donors (Lipinski definition) is 2. The number of carbonyl (C=O) groups is 3. The number of para-hydroxylation sites is 1. The highest BCUT2D eigenvalue weighted by molar-refractivity contribution is 6.30. The molecule has 0 saturated carbocycles. The quantitative estimate of drug-likeness (QED) is 0.532. The second-order valence-electron chi connectivity index (χ2n) is 5.60. The van der Waals surface area contributed by atoms with Gasteiger partial charge < -0.3 is 20.5 Å². The molecular formula is C19H19ClN2O5. The molecule has 0 aliphatic carbocycles. The van der Waals surface area contributed by atoms with Crippen molar-refractivity contribution in [2.75, 3.05) is 13.7 Å². The van der Waals surface area contributed by atoms with Crippen LogP contribution in [-0.4, -0.2) is 31.5 Å². The van der Waals surface area contributed by atoms with Crippen molar-refractivity contribution in [2.45, 2.75) is 12.5 Å². The van der Waals surface area contributed by atoms with E-state index >= 15 is 0 Å². The van der Waals surface area contributed by atoms with Crippen molar-refractivity contribution in [1.29, 1.82) is 0 Å². The first-order valence-electron chi connectivity index (χ1n) is 8.04. The van der Waals surface area contributed by atoms with Gasteiger partial charge in [-0.25, -0.2) is 4.79 Å². The zero-order chi connectivity index (χ0) is 19.8. The number of benzene rings is 2. The van der Waals surface area contributed by atoms with E-state index in [4.69, 9.17) is 26.8 Å². The lowest BCUT2D eigenvalue weighted by molar-refractivity contribution is -0.143. The number of amides is 2. The van der Waals surface area contributed by atoms with Gasteiger partial charge in [0, 0.05) is 5.02 Å². The molecule has 0 saturated heterocycles. The summed E-state index contributed by atoms with van der Waals surface area (Å²) in [7, 11) is 1.45. The van der Waals surface area contributed by atoms with Crippen LogP contribution in [0.15, 0.2) is 48.5 Å². The predicted molar refractivity (Wildman–Crippen MR) is 99.8 cm³/mol. The zero-order valence-corrected chi connectivity index (χ0v) is 15.4. The molecule has 3 N–H and O–H groups in total. The third-order valence-corrected chi connectivity index (χ3v) is 3.98. The monoisotopic (exact) mass is 390 g/mol. The molecule has 2 aromatic rings. The number of hydrogen-bond acceptors (Lipinski definition) is 5. The summed E-state index contributed by atoms with van der Waals surface area (Å²) in [5.41, 5.74) is 6.12. The van der Waals surface area contributed by atoms with Gasteiger partial charge in [-0.2, -0.15) is 0 Å². The molecule has 0 spiro atoms. The molecule has 2 rings (SSSR count). The van der Waals surface area contributed by atoms with Crippen LogP contribution in [0.25, 0.3) is 0 Å². The third kappa shape index (κ3) is 6.00. The fourth-order valence-electron chi connectivity index (χ4n) is 2.44. The van der Waals surface area contributed by atoms with Crippen molar-refractivity contribution >= 4 is 29.4 Å². The summed E-state index contributed by atoms with van der Waals surface area (Å²) >= 11 is 5.84. The fraction of sp³-hybridized carbons (Fsp3) is 0.211. The molecule has 142 valence electrons. The smallest absolute Gasteiger partial charge is 0.312 e. The summed E-state index contributed by atoms with van der Waals surface area (Å²) in [4.78, 5) is 35.6. The van der Waals surface area contributed by atoms with E-state index in [1.807, 2.05) is 0 Å². The van der Waals surface area contributed by atoms with Crippen molar-refractivity contribution in [3.8, 4) is 5.75 Å². The number of methoxy groups -OCH3 is 1. The maximum absolute atomic E-state index is 12.2. The molecule has 0 aliphatic heterocycles. The van der Waals surface area contributed by atoms with Gasteiger partial charge in [-0.1, -0.05) is 35.9 Å². The Morgan fingerprint density at radius 3 is 2.41 bits per heavy atom. The lowest BCUT2D eigenvalue weighted by Gasteiger charge is -2.17. The van der Waals surface area contributed by atoms with E-state index in [9.17, 15) is 14.4 Å². The van der Waals surface area contributed by atoms with Gasteiger partial charge in [0.2, 0.25) is 5.78 Å². The topological polar surface area (TPSA) is 108 Å². The zero-order valence-electron chi connectivity index (χ0n) is 14.6. The van der Waals surface area contributed by atoms with E-state index in [1.165, 1.54) is 7.11 Å². The predicted octanol–water partition coefficient (Wildman–Crippen LogP) is 2.87. The minimum absolute atomic E-state index is 0.191. The highest BCUT2D eigenvalue weighted by atomic mass is 35.5. The number of primary amides is 1. The number of nitrogens with one attached hydrogen (secondary N) is 1. The Morgan fingerprint density at radius 1 is 1.11 bits per heavy atom. The Kier molecular flexibility index (Phi) is 7.19. The van der Waals surface area contributed by atoms with E-state index in [0.717, 1.165) is 0 Å². The molecule has 2 amide bonds. The van der Waals surface area contributed by atoms with Gasteiger partial charge in [-0.3, -0.25) is 9.59 Å². The number of halogens is 1. The Hall–Kier alpha value is -3.06. The molecule has 0 heterocycles. The lowest BCUT2D eigenvalue weighted by Crippen LogP contribution is -2.34. The lowest BCUT2D eigenvalue weighted by atomic mass is 10.0. The Labute approximate surface area is 161 Å². The molecular weight excluding hydrogens is 372 g/mol. The van der Waals surface area contributed by atoms with Crippen LogP contribution < -0.4 is 15.8 Å². The van der Waals surface area contributed by atoms with Gasteiger partial charge in [0.15, 0.2) is 6.61 Å². The number of esters is 1. The first-order valence-corrected chi connectivity index (χ1v) is 8.41. The number of ether oxygens (including phenoxy) is 2. The van der Waals surface area contributed by atoms with Crippen molar-refractivity contribution in [2.24, 2.45) is 5.73 Å². The van der Waals surface area contributed by atoms with Crippen molar-refractivity contribution in [3.63, 3.8) is 0 Å². The molecule has 0 aromatic heterocycles. The molecule has 1 atom stereocenters. The number of rotatable bonds is 8. The molecule has 7 nitrogen and oxygen atoms in total. The molecule has 0 unspecified atom stereocenters. The Morgan fingerprint density at radius 2 is 1.78 bits per heavy atom. The standard InChI is InChI=1S/C19H19ClN2O5/c1-26-17-5-3-2-4-14(17)16(23)11-27-18(24)10-15(22-19(21)25)12-6-8-13(20)9-7-12/h2-9,15H,10-11H2,1H3,(H3,21,22,25)/t15-/m0/s1. The SMILES string of the molecule is COc1ccccc1C(=O)COC(=O)C[C@H](NC(N)=O)c1ccc(Cl)cc1. The van der Waals surface area contributed by atoms with Gasteiger partial charge in [-0.15, -0.1) is 0 Å². The van der Waals surface area contributed by atoms with Gasteiger partial charge in [0.25, 0.3) is 0 Å². The summed E-state index contributed by atoms with van der Waals surface area (Å²) in [6.45, 7) is -0.441. The maximum atomic E-state index is 12.2. The molecule has 0 fully saturated rings. The Bertz CT molecular complexity index is 823. The number of nitrogens with two attached hydrogens (primary N) is 1. The summed E-state index contributed by atoms with van der Waals surface area (Å²) in [5.74, 6) is -0.661. The van der Waals surface area contributed by atoms with E-state index in [-0.39, 0.29) is 6.42 Å². The maximum Gasteiger partial charge on any atom is 0.312 e. The van der Waals surface area contributed by atoms with Gasteiger partial charge in [0.05, 0.1) is 25.1 Å². The minimum Gasteiger partial charge on any atom is -0.496 e. The first-order chi connectivity index (χ1) is 12.9. The van der Waals surface area contributed by atoms with Crippen LogP contribution in [0.1, 0.15) is 28.4 Å². The van der Waals surface area contributed by atoms with Crippen LogP contribution in [0, 0.1) is 0 Å². The molecule has 8 heteroatoms. The van der Waals surface area contributed by atoms with Gasteiger partial charge in [-0.05, 0) is 29.8 Å². The normalized spacial score (nSPS) is 11.3. The average molecular weight is 391 g/mol. The summed E-state index contributed by atoms with van der Waals surface area (Å²) in [6.07, 6.45) is -0.191. The highest BCUT2D eigenvalue weighted by Crippen LogP contribution is 2.21. The molecule has 0 aliphatic rings. The van der Waals surface area contributed by atoms with Gasteiger partial charge >= 0.3 is 12.0 Å². The van der Waals surface area contributed by atoms with Crippen LogP contribution in [-0.2, 0) is 9.53 Å². The summed E-state index contributed by atoms with van der Waals surface area (Å²) in [5, 5.41) is 2.99. The number of urea groups is 1. The van der Waals surface area contributed by atoms with Crippen molar-refractivity contribution in [3.05, 3.63) is 64.7 Å². The minimum atomic E-state index is -0.784. The molecule has 2 aromatic carbocycles. The Balaban J connectivity index is 2.00. The number of ketones is 1. The first kappa shape index (κ1) is 20.3. The third-order valence-electron chi connectivity index (χ3n) is 3.73. The van der Waals surface area contributed by atoms with Crippen LogP contribution in [0.4, 0.5) is 4.79 Å². The average Bonchev–Trinajstić information content (AvgIpc) is 2.65. The molecule has 27 heavy (non-hydrogen) atoms. The van der Waals surface area contributed by atoms with E-state index in [0.29, 0.717) is 21.9 Å². The van der Waals surface area contributed by atoms with Crippen LogP contribution in [0.3, 0.4) is 0 Å². The molecule has 0 radical (unpaired) electrons. The van der Waals surface area contributed by atoms with E-state index in [1.54, 1.807) is 48.5 Å². The van der Waals surface area contributed by atoms with Crippen LogP contribution in [0.2, 0.25) is 5.02 Å². The van der Waals surface area contributed by atoms with Crippen molar-refractivity contribution < 1.29 is 23.9 Å². The summed E-state index contributed by atoms with van der Waals surface area (Å²) in [6, 6.07) is 11.7. The van der Waals surface area contributed by atoms with E-state index < -0.39 is 30.4 Å². The summed E-state index contributed by atoms with van der Waals surface area (Å²) < 4.78 is 10.2. The largest absolute Gasteiger partial charge is 0.496 e. The van der Waals surface area contributed by atoms with Crippen LogP contribution >= 0.6 is 11.6 Å². The number of Topliss-reactive ketones (excluding diaryl/α,β-unsaturated/α-hetero) is 1. The molecule has 0 bridgehead atoms. The van der Waals surface area contributed by atoms with E-state index in [2.05, 4.69) is 5.32 Å². The van der Waals surface area contributed by atoms with Gasteiger partial charge in [0.1, 0.15) is 5.75 Å². The van der Waals surface area contributed by atoms with Crippen LogP contribution in [0.5, 0.6) is 5.75 Å². The second kappa shape index (κ2) is 9.59.